The fourth-order valence-corrected chi connectivity index (χ4v) is 3.40. The van der Waals surface area contributed by atoms with Gasteiger partial charge in [-0.15, -0.1) is 0 Å². The Labute approximate surface area is 179 Å². The van der Waals surface area contributed by atoms with Crippen molar-refractivity contribution in [2.75, 3.05) is 5.32 Å². The lowest BCUT2D eigenvalue weighted by atomic mass is 10.0. The van der Waals surface area contributed by atoms with Crippen molar-refractivity contribution in [1.82, 2.24) is 19.7 Å². The third-order valence-corrected chi connectivity index (χ3v) is 5.57. The maximum absolute atomic E-state index is 6.51. The lowest BCUT2D eigenvalue weighted by molar-refractivity contribution is 0.545. The summed E-state index contributed by atoms with van der Waals surface area (Å²) in [6.45, 7) is 6.39. The first-order valence-electron chi connectivity index (χ1n) is 9.42. The molecule has 0 radical (unpaired) electrons. The lowest BCUT2D eigenvalue weighted by Crippen LogP contribution is -2.30. The second-order valence-electron chi connectivity index (χ2n) is 7.50. The number of fused-ring (bicyclic) bond motifs is 1. The SMILES string of the molecule is CCC(C)(C)Nc1ncnc2c(-c3ccc(Cl)cc3)n(-c3ccccc3Cl)nc12. The van der Waals surface area contributed by atoms with E-state index >= 15 is 0 Å². The molecule has 0 atom stereocenters. The van der Waals surface area contributed by atoms with E-state index < -0.39 is 0 Å². The molecule has 0 saturated heterocycles. The van der Waals surface area contributed by atoms with Crippen molar-refractivity contribution in [1.29, 1.82) is 0 Å². The molecule has 2 aromatic heterocycles. The van der Waals surface area contributed by atoms with Crippen LogP contribution in [0.1, 0.15) is 27.2 Å². The Morgan fingerprint density at radius 2 is 1.69 bits per heavy atom. The maximum atomic E-state index is 6.51. The number of aromatic nitrogens is 4. The highest BCUT2D eigenvalue weighted by Gasteiger charge is 2.23. The minimum Gasteiger partial charge on any atom is -0.363 e. The van der Waals surface area contributed by atoms with Gasteiger partial charge in [0.15, 0.2) is 11.3 Å². The Balaban J connectivity index is 2.01. The van der Waals surface area contributed by atoms with Crippen molar-refractivity contribution in [2.24, 2.45) is 0 Å². The Morgan fingerprint density at radius 1 is 0.966 bits per heavy atom. The standard InChI is InChI=1S/C22H21Cl2N5/c1-4-22(2,3)27-21-19-18(25-13-26-21)20(14-9-11-15(23)12-10-14)29(28-19)17-8-6-5-7-16(17)24/h5-13H,4H2,1-3H3,(H,25,26,27). The summed E-state index contributed by atoms with van der Waals surface area (Å²) in [6.07, 6.45) is 2.50. The van der Waals surface area contributed by atoms with Crippen LogP contribution in [0.5, 0.6) is 0 Å². The van der Waals surface area contributed by atoms with Crippen molar-refractivity contribution in [3.63, 3.8) is 0 Å². The van der Waals surface area contributed by atoms with Crippen LogP contribution in [0.2, 0.25) is 10.0 Å². The first kappa shape index (κ1) is 19.7. The van der Waals surface area contributed by atoms with Crippen molar-refractivity contribution in [2.45, 2.75) is 32.7 Å². The monoisotopic (exact) mass is 425 g/mol. The summed E-state index contributed by atoms with van der Waals surface area (Å²) >= 11 is 12.6. The van der Waals surface area contributed by atoms with Crippen molar-refractivity contribution in [3.8, 4) is 16.9 Å². The number of hydrogen-bond donors (Lipinski definition) is 1. The fourth-order valence-electron chi connectivity index (χ4n) is 3.06. The molecule has 2 aromatic carbocycles. The molecule has 0 fully saturated rings. The predicted molar refractivity (Wildman–Crippen MR) is 120 cm³/mol. The molecule has 0 amide bonds. The van der Waals surface area contributed by atoms with Crippen LogP contribution < -0.4 is 5.32 Å². The first-order valence-corrected chi connectivity index (χ1v) is 10.2. The van der Waals surface area contributed by atoms with Crippen LogP contribution in [0.3, 0.4) is 0 Å². The van der Waals surface area contributed by atoms with Crippen molar-refractivity contribution >= 4 is 40.1 Å². The van der Waals surface area contributed by atoms with Crippen LogP contribution in [0.25, 0.3) is 28.0 Å². The average Bonchev–Trinajstić information content (AvgIpc) is 3.09. The van der Waals surface area contributed by atoms with Crippen molar-refractivity contribution < 1.29 is 0 Å². The number of rotatable bonds is 5. The molecule has 4 aromatic rings. The summed E-state index contributed by atoms with van der Waals surface area (Å²) in [5.74, 6) is 0.697. The molecule has 5 nitrogen and oxygen atoms in total. The van der Waals surface area contributed by atoms with Gasteiger partial charge in [-0.3, -0.25) is 0 Å². The molecular weight excluding hydrogens is 405 g/mol. The van der Waals surface area contributed by atoms with Gasteiger partial charge in [-0.05, 0) is 44.5 Å². The highest BCUT2D eigenvalue weighted by Crippen LogP contribution is 2.35. The molecule has 4 rings (SSSR count). The van der Waals surface area contributed by atoms with E-state index in [1.165, 1.54) is 0 Å². The summed E-state index contributed by atoms with van der Waals surface area (Å²) in [5.41, 5.74) is 3.87. The van der Waals surface area contributed by atoms with Crippen LogP contribution in [0, 0.1) is 0 Å². The molecular formula is C22H21Cl2N5. The van der Waals surface area contributed by atoms with E-state index in [2.05, 4.69) is 36.1 Å². The number of halogens is 2. The van der Waals surface area contributed by atoms with E-state index in [1.807, 2.05) is 53.2 Å². The van der Waals surface area contributed by atoms with Crippen molar-refractivity contribution in [3.05, 3.63) is 64.9 Å². The second-order valence-corrected chi connectivity index (χ2v) is 8.34. The van der Waals surface area contributed by atoms with Crippen LogP contribution in [0.4, 0.5) is 5.82 Å². The molecule has 148 valence electrons. The molecule has 0 spiro atoms. The summed E-state index contributed by atoms with van der Waals surface area (Å²) in [6, 6.07) is 15.2. The molecule has 2 heterocycles. The average molecular weight is 426 g/mol. The van der Waals surface area contributed by atoms with Crippen LogP contribution in [-0.2, 0) is 0 Å². The van der Waals surface area contributed by atoms with Gasteiger partial charge < -0.3 is 5.32 Å². The number of para-hydroxylation sites is 1. The quantitative estimate of drug-likeness (QED) is 0.402. The Kier molecular flexibility index (Phi) is 5.19. The Morgan fingerprint density at radius 3 is 2.38 bits per heavy atom. The van der Waals surface area contributed by atoms with Gasteiger partial charge >= 0.3 is 0 Å². The Hall–Kier alpha value is -2.63. The van der Waals surface area contributed by atoms with Crippen LogP contribution in [0.15, 0.2) is 54.9 Å². The molecule has 0 saturated carbocycles. The van der Waals surface area contributed by atoms with E-state index in [4.69, 9.17) is 28.3 Å². The largest absolute Gasteiger partial charge is 0.363 e. The molecule has 1 N–H and O–H groups in total. The fraction of sp³-hybridized carbons (Fsp3) is 0.227. The van der Waals surface area contributed by atoms with Gasteiger partial charge in [-0.2, -0.15) is 5.10 Å². The third-order valence-electron chi connectivity index (χ3n) is 5.00. The lowest BCUT2D eigenvalue weighted by Gasteiger charge is -2.24. The zero-order valence-corrected chi connectivity index (χ0v) is 18.0. The van der Waals surface area contributed by atoms with Gasteiger partial charge in [0, 0.05) is 16.1 Å². The molecule has 0 aliphatic rings. The zero-order valence-electron chi connectivity index (χ0n) is 16.4. The Bertz CT molecular complexity index is 1170. The number of hydrogen-bond acceptors (Lipinski definition) is 4. The van der Waals surface area contributed by atoms with E-state index in [0.717, 1.165) is 28.9 Å². The van der Waals surface area contributed by atoms with Gasteiger partial charge in [-0.1, -0.05) is 54.4 Å². The number of nitrogens with zero attached hydrogens (tertiary/aromatic N) is 4. The van der Waals surface area contributed by atoms with E-state index in [-0.39, 0.29) is 5.54 Å². The van der Waals surface area contributed by atoms with Gasteiger partial charge in [0.25, 0.3) is 0 Å². The molecule has 0 aliphatic heterocycles. The number of anilines is 1. The summed E-state index contributed by atoms with van der Waals surface area (Å²) in [7, 11) is 0. The molecule has 0 aliphatic carbocycles. The van der Waals surface area contributed by atoms with E-state index in [0.29, 0.717) is 21.4 Å². The molecule has 0 unspecified atom stereocenters. The summed E-state index contributed by atoms with van der Waals surface area (Å²) in [4.78, 5) is 9.03. The second kappa shape index (κ2) is 7.65. The van der Waals surface area contributed by atoms with E-state index in [1.54, 1.807) is 6.33 Å². The minimum absolute atomic E-state index is 0.129. The first-order chi connectivity index (χ1) is 13.9. The topological polar surface area (TPSA) is 55.6 Å². The number of nitrogens with one attached hydrogen (secondary N) is 1. The highest BCUT2D eigenvalue weighted by atomic mass is 35.5. The van der Waals surface area contributed by atoms with E-state index in [9.17, 15) is 0 Å². The summed E-state index contributed by atoms with van der Waals surface area (Å²) in [5, 5.41) is 9.64. The zero-order chi connectivity index (χ0) is 20.6. The molecule has 7 heteroatoms. The smallest absolute Gasteiger partial charge is 0.158 e. The van der Waals surface area contributed by atoms with Gasteiger partial charge in [0.05, 0.1) is 10.7 Å². The number of benzene rings is 2. The minimum atomic E-state index is -0.129. The highest BCUT2D eigenvalue weighted by molar-refractivity contribution is 6.32. The van der Waals surface area contributed by atoms with Crippen LogP contribution in [-0.4, -0.2) is 25.3 Å². The summed E-state index contributed by atoms with van der Waals surface area (Å²) < 4.78 is 1.83. The molecule has 29 heavy (non-hydrogen) atoms. The van der Waals surface area contributed by atoms with Gasteiger partial charge in [0.1, 0.15) is 17.5 Å². The predicted octanol–water partition coefficient (Wildman–Crippen LogP) is 6.39. The normalized spacial score (nSPS) is 11.8. The van der Waals surface area contributed by atoms with Gasteiger partial charge in [0.2, 0.25) is 0 Å². The molecule has 0 bridgehead atoms. The van der Waals surface area contributed by atoms with Crippen LogP contribution >= 0.6 is 23.2 Å². The van der Waals surface area contributed by atoms with Gasteiger partial charge in [-0.25, -0.2) is 14.6 Å². The third kappa shape index (κ3) is 3.80. The maximum Gasteiger partial charge on any atom is 0.158 e.